The minimum atomic E-state index is -0.0956. The molecule has 0 radical (unpaired) electrons. The van der Waals surface area contributed by atoms with Crippen molar-refractivity contribution in [1.29, 1.82) is 0 Å². The number of rotatable bonds is 9. The maximum atomic E-state index is 11.8. The zero-order valence-electron chi connectivity index (χ0n) is 12.8. The Morgan fingerprint density at radius 3 is 2.67 bits per heavy atom. The van der Waals surface area contributed by atoms with Crippen molar-refractivity contribution in [3.63, 3.8) is 0 Å². The summed E-state index contributed by atoms with van der Waals surface area (Å²) in [5.41, 5.74) is 0.701. The fraction of sp³-hybridized carbons (Fsp3) is 0.533. The Kier molecular flexibility index (Phi) is 10.7. The van der Waals surface area contributed by atoms with Gasteiger partial charge in [0, 0.05) is 13.7 Å². The number of methoxy groups -OCH3 is 1. The molecule has 0 saturated heterocycles. The first-order valence-electron chi connectivity index (χ1n) is 6.84. The molecule has 0 aliphatic rings. The van der Waals surface area contributed by atoms with Gasteiger partial charge in [-0.05, 0) is 18.1 Å². The molecule has 0 spiro atoms. The van der Waals surface area contributed by atoms with E-state index < -0.39 is 0 Å². The first-order valence-corrected chi connectivity index (χ1v) is 6.84. The number of hydrogen-bond acceptors (Lipinski definition) is 4. The van der Waals surface area contributed by atoms with Gasteiger partial charge in [-0.2, -0.15) is 0 Å². The Labute approximate surface area is 132 Å². The minimum Gasteiger partial charge on any atom is -0.491 e. The van der Waals surface area contributed by atoms with Gasteiger partial charge in [0.25, 0.3) is 0 Å². The monoisotopic (exact) mass is 316 g/mol. The second kappa shape index (κ2) is 11.4. The molecule has 21 heavy (non-hydrogen) atoms. The number of benzene rings is 1. The highest BCUT2D eigenvalue weighted by molar-refractivity contribution is 5.93. The highest BCUT2D eigenvalue weighted by Gasteiger charge is 2.07. The van der Waals surface area contributed by atoms with Crippen molar-refractivity contribution in [2.45, 2.75) is 13.8 Å². The van der Waals surface area contributed by atoms with Gasteiger partial charge in [-0.3, -0.25) is 4.79 Å². The molecule has 0 aromatic heterocycles. The lowest BCUT2D eigenvalue weighted by molar-refractivity contribution is -0.115. The molecule has 120 valence electrons. The van der Waals surface area contributed by atoms with Crippen LogP contribution in [0.25, 0.3) is 0 Å². The Morgan fingerprint density at radius 2 is 2.00 bits per heavy atom. The fourth-order valence-electron chi connectivity index (χ4n) is 1.52. The summed E-state index contributed by atoms with van der Waals surface area (Å²) in [4.78, 5) is 11.8. The van der Waals surface area contributed by atoms with Crippen molar-refractivity contribution in [2.24, 2.45) is 5.92 Å². The van der Waals surface area contributed by atoms with Crippen molar-refractivity contribution in [3.05, 3.63) is 24.3 Å². The third kappa shape index (κ3) is 8.55. The zero-order valence-corrected chi connectivity index (χ0v) is 13.7. The molecule has 2 N–H and O–H groups in total. The van der Waals surface area contributed by atoms with Crippen LogP contribution in [0.3, 0.4) is 0 Å². The fourth-order valence-corrected chi connectivity index (χ4v) is 1.52. The molecule has 5 nitrogen and oxygen atoms in total. The lowest BCUT2D eigenvalue weighted by atomic mass is 10.2. The van der Waals surface area contributed by atoms with Gasteiger partial charge >= 0.3 is 0 Å². The van der Waals surface area contributed by atoms with Crippen molar-refractivity contribution in [1.82, 2.24) is 5.32 Å². The Balaban J connectivity index is 0.00000400. The zero-order chi connectivity index (χ0) is 14.8. The molecule has 0 atom stereocenters. The Morgan fingerprint density at radius 1 is 1.29 bits per heavy atom. The van der Waals surface area contributed by atoms with Crippen LogP contribution < -0.4 is 15.4 Å². The first kappa shape index (κ1) is 19.7. The van der Waals surface area contributed by atoms with E-state index in [-0.39, 0.29) is 24.9 Å². The maximum absolute atomic E-state index is 11.8. The molecule has 1 aromatic carbocycles. The summed E-state index contributed by atoms with van der Waals surface area (Å²) >= 11 is 0. The van der Waals surface area contributed by atoms with Gasteiger partial charge in [0.05, 0.1) is 25.4 Å². The van der Waals surface area contributed by atoms with Crippen LogP contribution in [0.1, 0.15) is 13.8 Å². The average molecular weight is 317 g/mol. The standard InChI is InChI=1S/C15H24N2O3.ClH/c1-12(2)11-20-14-7-5-4-6-13(14)17-15(18)10-16-8-9-19-3;/h4-7,12,16H,8-11H2,1-3H3,(H,17,18);1H. The summed E-state index contributed by atoms with van der Waals surface area (Å²) in [5.74, 6) is 1.04. The van der Waals surface area contributed by atoms with Gasteiger partial charge in [-0.1, -0.05) is 26.0 Å². The van der Waals surface area contributed by atoms with Crippen LogP contribution in [0.5, 0.6) is 5.75 Å². The van der Waals surface area contributed by atoms with Gasteiger partial charge in [0.2, 0.25) is 5.91 Å². The van der Waals surface area contributed by atoms with E-state index in [1.807, 2.05) is 24.3 Å². The average Bonchev–Trinajstić information content (AvgIpc) is 2.42. The number of amides is 1. The van der Waals surface area contributed by atoms with E-state index in [2.05, 4.69) is 24.5 Å². The molecule has 0 heterocycles. The summed E-state index contributed by atoms with van der Waals surface area (Å²) in [6.45, 7) is 6.28. The third-order valence-corrected chi connectivity index (χ3v) is 2.50. The van der Waals surface area contributed by atoms with E-state index in [1.165, 1.54) is 0 Å². The van der Waals surface area contributed by atoms with Crippen molar-refractivity contribution in [3.8, 4) is 5.75 Å². The Bertz CT molecular complexity index is 414. The molecule has 0 fully saturated rings. The van der Waals surface area contributed by atoms with Crippen LogP contribution in [0.2, 0.25) is 0 Å². The third-order valence-electron chi connectivity index (χ3n) is 2.50. The number of nitrogens with one attached hydrogen (secondary N) is 2. The van der Waals surface area contributed by atoms with E-state index in [0.717, 1.165) is 0 Å². The number of carbonyl (C=O) groups is 1. The van der Waals surface area contributed by atoms with Crippen molar-refractivity contribution < 1.29 is 14.3 Å². The topological polar surface area (TPSA) is 59.6 Å². The Hall–Kier alpha value is -1.30. The van der Waals surface area contributed by atoms with Crippen LogP contribution in [-0.2, 0) is 9.53 Å². The SMILES string of the molecule is COCCNCC(=O)Nc1ccccc1OCC(C)C.Cl. The summed E-state index contributed by atoms with van der Waals surface area (Å²) in [6, 6.07) is 7.46. The molecule has 0 unspecified atom stereocenters. The molecular weight excluding hydrogens is 292 g/mol. The molecule has 0 saturated carbocycles. The normalized spacial score (nSPS) is 10.1. The molecule has 0 aliphatic heterocycles. The van der Waals surface area contributed by atoms with E-state index in [1.54, 1.807) is 7.11 Å². The van der Waals surface area contributed by atoms with Crippen LogP contribution in [0, 0.1) is 5.92 Å². The van der Waals surface area contributed by atoms with Gasteiger partial charge in [-0.15, -0.1) is 12.4 Å². The molecule has 0 aliphatic carbocycles. The number of halogens is 1. The van der Waals surface area contributed by atoms with Crippen LogP contribution in [0.15, 0.2) is 24.3 Å². The molecule has 6 heteroatoms. The lowest BCUT2D eigenvalue weighted by Crippen LogP contribution is -2.30. The van der Waals surface area contributed by atoms with E-state index in [0.29, 0.717) is 37.1 Å². The number of carbonyl (C=O) groups excluding carboxylic acids is 1. The molecule has 0 bridgehead atoms. The van der Waals surface area contributed by atoms with Crippen molar-refractivity contribution in [2.75, 3.05) is 38.7 Å². The summed E-state index contributed by atoms with van der Waals surface area (Å²) in [7, 11) is 1.63. The van der Waals surface area contributed by atoms with Crippen LogP contribution in [-0.4, -0.2) is 39.3 Å². The van der Waals surface area contributed by atoms with Crippen LogP contribution >= 0.6 is 12.4 Å². The largest absolute Gasteiger partial charge is 0.491 e. The van der Waals surface area contributed by atoms with Crippen LogP contribution in [0.4, 0.5) is 5.69 Å². The number of para-hydroxylation sites is 2. The predicted molar refractivity (Wildman–Crippen MR) is 87.4 cm³/mol. The quantitative estimate of drug-likeness (QED) is 0.686. The van der Waals surface area contributed by atoms with Gasteiger partial charge in [0.15, 0.2) is 0 Å². The smallest absolute Gasteiger partial charge is 0.238 e. The van der Waals surface area contributed by atoms with Crippen molar-refractivity contribution >= 4 is 24.0 Å². The van der Waals surface area contributed by atoms with Gasteiger partial charge in [0.1, 0.15) is 5.75 Å². The summed E-state index contributed by atoms with van der Waals surface area (Å²) in [6.07, 6.45) is 0. The number of anilines is 1. The minimum absolute atomic E-state index is 0. The maximum Gasteiger partial charge on any atom is 0.238 e. The molecular formula is C15H25ClN2O3. The van der Waals surface area contributed by atoms with E-state index in [9.17, 15) is 4.79 Å². The molecule has 1 rings (SSSR count). The van der Waals surface area contributed by atoms with Gasteiger partial charge in [-0.25, -0.2) is 0 Å². The van der Waals surface area contributed by atoms with Gasteiger partial charge < -0.3 is 20.1 Å². The molecule has 1 amide bonds. The highest BCUT2D eigenvalue weighted by atomic mass is 35.5. The summed E-state index contributed by atoms with van der Waals surface area (Å²) in [5, 5.41) is 5.84. The van der Waals surface area contributed by atoms with E-state index in [4.69, 9.17) is 9.47 Å². The second-order valence-corrected chi connectivity index (χ2v) is 4.92. The summed E-state index contributed by atoms with van der Waals surface area (Å²) < 4.78 is 10.6. The molecule has 1 aromatic rings. The highest BCUT2D eigenvalue weighted by Crippen LogP contribution is 2.24. The first-order chi connectivity index (χ1) is 9.63. The number of ether oxygens (including phenoxy) is 2. The lowest BCUT2D eigenvalue weighted by Gasteiger charge is -2.14. The number of hydrogen-bond donors (Lipinski definition) is 2. The second-order valence-electron chi connectivity index (χ2n) is 4.92. The van der Waals surface area contributed by atoms with E-state index >= 15 is 0 Å². The predicted octanol–water partition coefficient (Wildman–Crippen LogP) is 2.32.